The molecule has 4 nitrogen and oxygen atoms in total. The Kier molecular flexibility index (Phi) is 7.55. The summed E-state index contributed by atoms with van der Waals surface area (Å²) in [5.74, 6) is 1.85. The van der Waals surface area contributed by atoms with Gasteiger partial charge in [-0.3, -0.25) is 0 Å². The number of aromatic nitrogens is 3. The maximum Gasteiger partial charge on any atom is 0.164 e. The van der Waals surface area contributed by atoms with Crippen LogP contribution in [0.15, 0.2) is 162 Å². The Morgan fingerprint density at radius 1 is 0.490 bits per heavy atom. The molecule has 0 aliphatic heterocycles. The molecule has 9 aromatic rings. The molecule has 4 heteroatoms. The Balaban J connectivity index is 1.23. The Morgan fingerprint density at radius 3 is 1.92 bits per heavy atom. The fourth-order valence-corrected chi connectivity index (χ4v) is 6.96. The van der Waals surface area contributed by atoms with Crippen LogP contribution in [-0.2, 0) is 0 Å². The number of fused-ring (bicyclic) bond motifs is 4. The van der Waals surface area contributed by atoms with Crippen molar-refractivity contribution < 1.29 is 4.42 Å². The van der Waals surface area contributed by atoms with Crippen molar-refractivity contribution in [2.45, 2.75) is 13.8 Å². The van der Waals surface area contributed by atoms with Crippen LogP contribution < -0.4 is 0 Å². The van der Waals surface area contributed by atoms with Gasteiger partial charge in [-0.1, -0.05) is 146 Å². The van der Waals surface area contributed by atoms with Crippen LogP contribution in [0.5, 0.6) is 0 Å². The first-order chi connectivity index (χ1) is 25.1. The summed E-state index contributed by atoms with van der Waals surface area (Å²) in [6.45, 7) is 4.15. The van der Waals surface area contributed by atoms with Crippen molar-refractivity contribution in [3.05, 3.63) is 169 Å². The molecule has 0 aliphatic carbocycles. The molecule has 242 valence electrons. The summed E-state index contributed by atoms with van der Waals surface area (Å²) >= 11 is 0. The predicted octanol–water partition coefficient (Wildman–Crippen LogP) is 12.6. The third-order valence-electron chi connectivity index (χ3n) is 9.59. The minimum absolute atomic E-state index is 0.599. The summed E-state index contributed by atoms with van der Waals surface area (Å²) in [7, 11) is 0. The minimum Gasteiger partial charge on any atom is -0.455 e. The Hall–Kier alpha value is -6.65. The summed E-state index contributed by atoms with van der Waals surface area (Å²) in [4.78, 5) is 15.4. The quantitative estimate of drug-likeness (QED) is 0.179. The molecule has 2 heterocycles. The van der Waals surface area contributed by atoms with E-state index < -0.39 is 0 Å². The van der Waals surface area contributed by atoms with Crippen LogP contribution in [0.1, 0.15) is 18.1 Å². The molecule has 0 fully saturated rings. The first-order valence-electron chi connectivity index (χ1n) is 17.2. The average molecular weight is 656 g/mol. The third-order valence-corrected chi connectivity index (χ3v) is 9.59. The van der Waals surface area contributed by atoms with Gasteiger partial charge in [0.1, 0.15) is 11.2 Å². The summed E-state index contributed by atoms with van der Waals surface area (Å²) in [5, 5.41) is 4.31. The van der Waals surface area contributed by atoms with Gasteiger partial charge in [-0.15, -0.1) is 0 Å². The van der Waals surface area contributed by atoms with Crippen LogP contribution in [0, 0.1) is 6.92 Å². The highest BCUT2D eigenvalue weighted by Gasteiger charge is 2.20. The van der Waals surface area contributed by atoms with Gasteiger partial charge < -0.3 is 4.42 Å². The molecule has 9 rings (SSSR count). The van der Waals surface area contributed by atoms with Crippen LogP contribution in [0.25, 0.3) is 95.2 Å². The molecule has 0 N–H and O–H groups in total. The number of para-hydroxylation sites is 1. The highest BCUT2D eigenvalue weighted by Crippen LogP contribution is 2.41. The van der Waals surface area contributed by atoms with Crippen molar-refractivity contribution in [3.8, 4) is 56.4 Å². The minimum atomic E-state index is 0.599. The van der Waals surface area contributed by atoms with E-state index in [4.69, 9.17) is 19.4 Å². The van der Waals surface area contributed by atoms with Gasteiger partial charge in [0.05, 0.1) is 0 Å². The molecule has 0 unspecified atom stereocenters. The smallest absolute Gasteiger partial charge is 0.164 e. The van der Waals surface area contributed by atoms with Crippen LogP contribution in [0.2, 0.25) is 0 Å². The maximum absolute atomic E-state index is 6.67. The van der Waals surface area contributed by atoms with Crippen LogP contribution in [-0.4, -0.2) is 15.0 Å². The number of hydrogen-bond acceptors (Lipinski definition) is 4. The number of rotatable bonds is 6. The standard InChI is InChI=1S/C47H33N3O/c1-3-11-35-28-37(21-20-30(35)2)45-48-46(38-27-24-32-14-7-8-15-36(32)29-38)50-47(49-45)41-18-10-19-42-43(41)40-17-9-16-39(44(40)51-42)34-25-22-33(23-26-34)31-12-5-4-6-13-31/h3-29H,1-2H3/b11-3-. The van der Waals surface area contributed by atoms with Crippen LogP contribution >= 0.6 is 0 Å². The zero-order chi connectivity index (χ0) is 34.3. The fraction of sp³-hybridized carbons (Fsp3) is 0.0426. The highest BCUT2D eigenvalue weighted by atomic mass is 16.3. The SMILES string of the molecule is C/C=C\c1cc(-c2nc(-c3ccc4ccccc4c3)nc(-c3cccc4oc5c(-c6ccc(-c7ccccc7)cc6)cccc5c34)n2)ccc1C. The predicted molar refractivity (Wildman–Crippen MR) is 211 cm³/mol. The van der Waals surface area contributed by atoms with Gasteiger partial charge in [-0.25, -0.2) is 15.0 Å². The first-order valence-corrected chi connectivity index (χ1v) is 17.2. The van der Waals surface area contributed by atoms with Gasteiger partial charge in [0.25, 0.3) is 0 Å². The highest BCUT2D eigenvalue weighted by molar-refractivity contribution is 6.15. The Morgan fingerprint density at radius 2 is 1.12 bits per heavy atom. The van der Waals surface area contributed by atoms with Crippen molar-refractivity contribution in [1.29, 1.82) is 0 Å². The molecule has 0 radical (unpaired) electrons. The van der Waals surface area contributed by atoms with Crippen molar-refractivity contribution in [2.24, 2.45) is 0 Å². The number of hydrogen-bond donors (Lipinski definition) is 0. The molecule has 7 aromatic carbocycles. The summed E-state index contributed by atoms with van der Waals surface area (Å²) in [5.41, 5.74) is 11.2. The molecule has 51 heavy (non-hydrogen) atoms. The van der Waals surface area contributed by atoms with E-state index >= 15 is 0 Å². The second-order valence-electron chi connectivity index (χ2n) is 12.8. The van der Waals surface area contributed by atoms with Crippen molar-refractivity contribution in [3.63, 3.8) is 0 Å². The normalized spacial score (nSPS) is 11.6. The Bertz CT molecular complexity index is 2760. The van der Waals surface area contributed by atoms with Gasteiger partial charge in [0, 0.05) is 33.0 Å². The largest absolute Gasteiger partial charge is 0.455 e. The van der Waals surface area contributed by atoms with Gasteiger partial charge in [0.2, 0.25) is 0 Å². The summed E-state index contributed by atoms with van der Waals surface area (Å²) in [6.07, 6.45) is 4.18. The molecule has 0 saturated heterocycles. The van der Waals surface area contributed by atoms with Gasteiger partial charge in [0.15, 0.2) is 17.5 Å². The second-order valence-corrected chi connectivity index (χ2v) is 12.8. The second kappa shape index (κ2) is 12.7. The van der Waals surface area contributed by atoms with E-state index in [1.807, 2.05) is 25.1 Å². The summed E-state index contributed by atoms with van der Waals surface area (Å²) in [6, 6.07) is 52.7. The molecule has 0 amide bonds. The zero-order valence-electron chi connectivity index (χ0n) is 28.3. The number of aryl methyl sites for hydroxylation is 1. The average Bonchev–Trinajstić information content (AvgIpc) is 3.58. The van der Waals surface area contributed by atoms with Crippen molar-refractivity contribution in [2.75, 3.05) is 0 Å². The monoisotopic (exact) mass is 655 g/mol. The van der Waals surface area contributed by atoms with Gasteiger partial charge in [-0.05, 0) is 70.6 Å². The number of allylic oxidation sites excluding steroid dienone is 1. The van der Waals surface area contributed by atoms with E-state index in [-0.39, 0.29) is 0 Å². The Labute approximate surface area is 296 Å². The lowest BCUT2D eigenvalue weighted by molar-refractivity contribution is 0.670. The van der Waals surface area contributed by atoms with Crippen molar-refractivity contribution >= 4 is 38.8 Å². The van der Waals surface area contributed by atoms with E-state index in [1.165, 1.54) is 22.1 Å². The molecule has 0 saturated carbocycles. The molecule has 0 spiro atoms. The molecule has 0 aliphatic rings. The molecular formula is C47H33N3O. The number of furan rings is 1. The molecule has 0 bridgehead atoms. The molecule has 2 aromatic heterocycles. The van der Waals surface area contributed by atoms with Crippen LogP contribution in [0.4, 0.5) is 0 Å². The zero-order valence-corrected chi connectivity index (χ0v) is 28.3. The van der Waals surface area contributed by atoms with Gasteiger partial charge in [-0.2, -0.15) is 0 Å². The number of nitrogens with zero attached hydrogens (tertiary/aromatic N) is 3. The number of benzene rings is 7. The van der Waals surface area contributed by atoms with E-state index in [9.17, 15) is 0 Å². The maximum atomic E-state index is 6.67. The molecular weight excluding hydrogens is 623 g/mol. The van der Waals surface area contributed by atoms with E-state index in [0.717, 1.165) is 60.7 Å². The fourth-order valence-electron chi connectivity index (χ4n) is 6.96. The van der Waals surface area contributed by atoms with E-state index in [0.29, 0.717) is 17.5 Å². The van der Waals surface area contributed by atoms with E-state index in [2.05, 4.69) is 153 Å². The molecule has 0 atom stereocenters. The lowest BCUT2D eigenvalue weighted by atomic mass is 9.98. The summed E-state index contributed by atoms with van der Waals surface area (Å²) < 4.78 is 6.67. The van der Waals surface area contributed by atoms with E-state index in [1.54, 1.807) is 0 Å². The topological polar surface area (TPSA) is 51.8 Å². The van der Waals surface area contributed by atoms with Crippen molar-refractivity contribution in [1.82, 2.24) is 15.0 Å². The third kappa shape index (κ3) is 5.57. The van der Waals surface area contributed by atoms with Gasteiger partial charge >= 0.3 is 0 Å². The lowest BCUT2D eigenvalue weighted by Gasteiger charge is -2.11. The van der Waals surface area contributed by atoms with Crippen LogP contribution in [0.3, 0.4) is 0 Å². The first kappa shape index (κ1) is 30.4. The lowest BCUT2D eigenvalue weighted by Crippen LogP contribution is -2.01.